The highest BCUT2D eigenvalue weighted by molar-refractivity contribution is 7.89. The third-order valence-corrected chi connectivity index (χ3v) is 5.23. The minimum atomic E-state index is -3.95. The largest absolute Gasteiger partial charge is 0.314 e. The van der Waals surface area contributed by atoms with Gasteiger partial charge in [-0.25, -0.2) is 8.42 Å². The predicted octanol–water partition coefficient (Wildman–Crippen LogP) is 0.842. The third kappa shape index (κ3) is 2.71. The van der Waals surface area contributed by atoms with Crippen molar-refractivity contribution < 1.29 is 13.3 Å². The summed E-state index contributed by atoms with van der Waals surface area (Å²) in [6.45, 7) is 1.56. The quantitative estimate of drug-likeness (QED) is 0.660. The third-order valence-electron chi connectivity index (χ3n) is 2.82. The number of halogens is 1. The number of benzene rings is 1. The fourth-order valence-electron chi connectivity index (χ4n) is 1.91. The number of piperazine rings is 1. The van der Waals surface area contributed by atoms with Crippen molar-refractivity contribution in [2.45, 2.75) is 4.90 Å². The summed E-state index contributed by atoms with van der Waals surface area (Å²) in [6, 6.07) is 3.84. The van der Waals surface area contributed by atoms with Crippen molar-refractivity contribution >= 4 is 27.3 Å². The molecule has 1 aliphatic heterocycles. The van der Waals surface area contributed by atoms with Crippen LogP contribution in [0.5, 0.6) is 0 Å². The van der Waals surface area contributed by atoms with Crippen LogP contribution in [0.3, 0.4) is 0 Å². The lowest BCUT2D eigenvalue weighted by molar-refractivity contribution is -0.387. The Labute approximate surface area is 115 Å². The van der Waals surface area contributed by atoms with Gasteiger partial charge in [0.25, 0.3) is 15.7 Å². The van der Waals surface area contributed by atoms with Crippen LogP contribution >= 0.6 is 11.6 Å². The van der Waals surface area contributed by atoms with E-state index in [1.165, 1.54) is 16.4 Å². The Morgan fingerprint density at radius 1 is 1.32 bits per heavy atom. The molecule has 0 bridgehead atoms. The van der Waals surface area contributed by atoms with Crippen molar-refractivity contribution in [3.8, 4) is 0 Å². The molecular weight excluding hydrogens is 294 g/mol. The van der Waals surface area contributed by atoms with Crippen LogP contribution in [0.1, 0.15) is 0 Å². The maximum absolute atomic E-state index is 12.4. The number of sulfonamides is 1. The zero-order chi connectivity index (χ0) is 14.0. The van der Waals surface area contributed by atoms with Gasteiger partial charge in [-0.2, -0.15) is 4.31 Å². The van der Waals surface area contributed by atoms with Crippen LogP contribution in [0.2, 0.25) is 5.02 Å². The van der Waals surface area contributed by atoms with Crippen LogP contribution in [-0.2, 0) is 10.0 Å². The van der Waals surface area contributed by atoms with Crippen LogP contribution in [0, 0.1) is 10.1 Å². The molecule has 1 aliphatic rings. The van der Waals surface area contributed by atoms with Crippen molar-refractivity contribution in [2.24, 2.45) is 0 Å². The number of hydrogen-bond acceptors (Lipinski definition) is 5. The van der Waals surface area contributed by atoms with E-state index in [1.807, 2.05) is 0 Å². The number of nitrogens with zero attached hydrogens (tertiary/aromatic N) is 2. The van der Waals surface area contributed by atoms with Crippen LogP contribution in [0.15, 0.2) is 23.1 Å². The van der Waals surface area contributed by atoms with Gasteiger partial charge in [0, 0.05) is 32.2 Å². The minimum Gasteiger partial charge on any atom is -0.314 e. The summed E-state index contributed by atoms with van der Waals surface area (Å²) in [7, 11) is -3.95. The highest BCUT2D eigenvalue weighted by atomic mass is 35.5. The van der Waals surface area contributed by atoms with E-state index in [2.05, 4.69) is 5.32 Å². The zero-order valence-electron chi connectivity index (χ0n) is 9.87. The first kappa shape index (κ1) is 14.2. The van der Waals surface area contributed by atoms with Crippen molar-refractivity contribution in [2.75, 3.05) is 26.2 Å². The molecule has 0 aliphatic carbocycles. The highest BCUT2D eigenvalue weighted by Gasteiger charge is 2.34. The summed E-state index contributed by atoms with van der Waals surface area (Å²) in [6.07, 6.45) is 0. The second-order valence-electron chi connectivity index (χ2n) is 4.00. The zero-order valence-corrected chi connectivity index (χ0v) is 11.4. The molecule has 7 nitrogen and oxygen atoms in total. The van der Waals surface area contributed by atoms with Gasteiger partial charge in [0.05, 0.1) is 9.95 Å². The first-order valence-electron chi connectivity index (χ1n) is 5.58. The van der Waals surface area contributed by atoms with Crippen molar-refractivity contribution in [3.63, 3.8) is 0 Å². The van der Waals surface area contributed by atoms with Crippen LogP contribution in [0.25, 0.3) is 0 Å². The van der Waals surface area contributed by atoms with Crippen LogP contribution < -0.4 is 5.32 Å². The van der Waals surface area contributed by atoms with Crippen LogP contribution in [0.4, 0.5) is 5.69 Å². The molecule has 0 amide bonds. The SMILES string of the molecule is O=[N+]([O-])c1cccc(Cl)c1S(=O)(=O)N1CCNCC1. The Balaban J connectivity index is 2.53. The summed E-state index contributed by atoms with van der Waals surface area (Å²) in [5, 5.41) is 13.8. The standard InChI is InChI=1S/C10H12ClN3O4S/c11-8-2-1-3-9(14(15)16)10(8)19(17,18)13-6-4-12-5-7-13/h1-3,12H,4-7H2. The molecule has 9 heteroatoms. The molecule has 1 heterocycles. The van der Waals surface area contributed by atoms with Gasteiger partial charge in [-0.3, -0.25) is 10.1 Å². The maximum atomic E-state index is 12.4. The van der Waals surface area contributed by atoms with E-state index in [0.29, 0.717) is 13.1 Å². The average Bonchev–Trinajstić information content (AvgIpc) is 2.39. The van der Waals surface area contributed by atoms with Crippen LogP contribution in [-0.4, -0.2) is 43.8 Å². The van der Waals surface area contributed by atoms with Gasteiger partial charge >= 0.3 is 0 Å². The first-order chi connectivity index (χ1) is 8.94. The normalized spacial score (nSPS) is 17.3. The van der Waals surface area contributed by atoms with E-state index in [0.717, 1.165) is 6.07 Å². The summed E-state index contributed by atoms with van der Waals surface area (Å²) in [5.41, 5.74) is -0.494. The average molecular weight is 306 g/mol. The lowest BCUT2D eigenvalue weighted by Gasteiger charge is -2.26. The number of nitrogens with one attached hydrogen (secondary N) is 1. The molecule has 0 saturated carbocycles. The van der Waals surface area contributed by atoms with E-state index >= 15 is 0 Å². The summed E-state index contributed by atoms with van der Waals surface area (Å²) in [5.74, 6) is 0. The lowest BCUT2D eigenvalue weighted by atomic mass is 10.3. The number of rotatable bonds is 3. The molecule has 1 aromatic carbocycles. The van der Waals surface area contributed by atoms with Gasteiger partial charge in [0.2, 0.25) is 0 Å². The minimum absolute atomic E-state index is 0.132. The summed E-state index contributed by atoms with van der Waals surface area (Å²) < 4.78 is 26.1. The fourth-order valence-corrected chi connectivity index (χ4v) is 4.02. The maximum Gasteiger partial charge on any atom is 0.290 e. The summed E-state index contributed by atoms with van der Waals surface area (Å²) >= 11 is 5.85. The Kier molecular flexibility index (Phi) is 4.04. The Morgan fingerprint density at radius 3 is 2.53 bits per heavy atom. The fraction of sp³-hybridized carbons (Fsp3) is 0.400. The van der Waals surface area contributed by atoms with Gasteiger partial charge in [-0.05, 0) is 6.07 Å². The molecule has 2 rings (SSSR count). The molecular formula is C10H12ClN3O4S. The van der Waals surface area contributed by atoms with Crippen molar-refractivity contribution in [1.29, 1.82) is 0 Å². The topological polar surface area (TPSA) is 92.5 Å². The second-order valence-corrected chi connectivity index (χ2v) is 6.28. The Hall–Kier alpha value is -1.22. The highest BCUT2D eigenvalue weighted by Crippen LogP contribution is 2.33. The van der Waals surface area contributed by atoms with E-state index in [-0.39, 0.29) is 18.1 Å². The molecule has 19 heavy (non-hydrogen) atoms. The molecule has 1 aromatic rings. The Morgan fingerprint density at radius 2 is 1.95 bits per heavy atom. The summed E-state index contributed by atoms with van der Waals surface area (Å²) in [4.78, 5) is 9.79. The molecule has 0 unspecified atom stereocenters. The van der Waals surface area contributed by atoms with E-state index < -0.39 is 25.5 Å². The van der Waals surface area contributed by atoms with Crippen molar-refractivity contribution in [3.05, 3.63) is 33.3 Å². The molecule has 0 spiro atoms. The van der Waals surface area contributed by atoms with E-state index in [1.54, 1.807) is 0 Å². The molecule has 1 saturated heterocycles. The number of nitro benzene ring substituents is 1. The van der Waals surface area contributed by atoms with Crippen molar-refractivity contribution in [1.82, 2.24) is 9.62 Å². The predicted molar refractivity (Wildman–Crippen MR) is 69.7 cm³/mol. The Bertz CT molecular complexity index is 599. The van der Waals surface area contributed by atoms with Gasteiger partial charge in [0.1, 0.15) is 0 Å². The first-order valence-corrected chi connectivity index (χ1v) is 7.40. The van der Waals surface area contributed by atoms with E-state index in [9.17, 15) is 18.5 Å². The monoisotopic (exact) mass is 305 g/mol. The molecule has 0 radical (unpaired) electrons. The van der Waals surface area contributed by atoms with E-state index in [4.69, 9.17) is 11.6 Å². The van der Waals surface area contributed by atoms with Gasteiger partial charge in [-0.1, -0.05) is 17.7 Å². The van der Waals surface area contributed by atoms with Gasteiger partial charge < -0.3 is 5.32 Å². The number of nitro groups is 1. The van der Waals surface area contributed by atoms with Gasteiger partial charge in [-0.15, -0.1) is 0 Å². The molecule has 1 fully saturated rings. The smallest absolute Gasteiger partial charge is 0.290 e. The molecule has 0 atom stereocenters. The molecule has 0 aromatic heterocycles. The number of hydrogen-bond donors (Lipinski definition) is 1. The molecule has 104 valence electrons. The lowest BCUT2D eigenvalue weighted by Crippen LogP contribution is -2.46. The van der Waals surface area contributed by atoms with Gasteiger partial charge in [0.15, 0.2) is 4.90 Å². The second kappa shape index (κ2) is 5.41. The molecule has 1 N–H and O–H groups in total.